The van der Waals surface area contributed by atoms with Crippen LogP contribution in [0.25, 0.3) is 5.78 Å². The molecule has 1 aromatic carbocycles. The summed E-state index contributed by atoms with van der Waals surface area (Å²) < 4.78 is 7.27. The van der Waals surface area contributed by atoms with E-state index in [1.54, 1.807) is 10.8 Å². The second-order valence-electron chi connectivity index (χ2n) is 6.31. The molecule has 3 aromatic rings. The van der Waals surface area contributed by atoms with Crippen LogP contribution in [0.3, 0.4) is 0 Å². The molecule has 0 spiro atoms. The van der Waals surface area contributed by atoms with Gasteiger partial charge in [0.25, 0.3) is 5.78 Å². The Hall–Kier alpha value is -2.67. The highest BCUT2D eigenvalue weighted by Gasteiger charge is 2.17. The average molecular weight is 338 g/mol. The molecule has 0 radical (unpaired) electrons. The first kappa shape index (κ1) is 15.8. The van der Waals surface area contributed by atoms with E-state index < -0.39 is 0 Å². The number of aryl methyl sites for hydroxylation is 1. The Morgan fingerprint density at radius 1 is 1.20 bits per heavy atom. The number of nitrogens with zero attached hydrogens (tertiary/aromatic N) is 6. The van der Waals surface area contributed by atoms with E-state index in [9.17, 15) is 0 Å². The van der Waals surface area contributed by atoms with E-state index in [1.807, 2.05) is 13.0 Å². The predicted octanol–water partition coefficient (Wildman–Crippen LogP) is 1.91. The van der Waals surface area contributed by atoms with Gasteiger partial charge >= 0.3 is 0 Å². The maximum absolute atomic E-state index is 5.49. The van der Waals surface area contributed by atoms with Crippen molar-refractivity contribution < 1.29 is 4.74 Å². The van der Waals surface area contributed by atoms with Crippen molar-refractivity contribution in [1.29, 1.82) is 0 Å². The van der Waals surface area contributed by atoms with Crippen molar-refractivity contribution >= 4 is 17.3 Å². The van der Waals surface area contributed by atoms with Gasteiger partial charge in [-0.25, -0.2) is 4.98 Å². The summed E-state index contributed by atoms with van der Waals surface area (Å²) in [5.41, 5.74) is 3.50. The number of benzene rings is 1. The largest absolute Gasteiger partial charge is 0.378 e. The molecule has 0 N–H and O–H groups in total. The molecule has 130 valence electrons. The fourth-order valence-electron chi connectivity index (χ4n) is 3.28. The van der Waals surface area contributed by atoms with E-state index in [0.717, 1.165) is 44.4 Å². The maximum Gasteiger partial charge on any atom is 0.254 e. The summed E-state index contributed by atoms with van der Waals surface area (Å²) in [5, 5.41) is 4.31. The maximum atomic E-state index is 5.49. The number of fused-ring (bicyclic) bond motifs is 1. The highest BCUT2D eigenvalue weighted by atomic mass is 16.5. The number of hydrogen-bond acceptors (Lipinski definition) is 6. The second kappa shape index (κ2) is 6.68. The smallest absolute Gasteiger partial charge is 0.254 e. The van der Waals surface area contributed by atoms with Crippen molar-refractivity contribution in [3.63, 3.8) is 0 Å². The van der Waals surface area contributed by atoms with Crippen LogP contribution in [-0.2, 0) is 11.3 Å². The van der Waals surface area contributed by atoms with Gasteiger partial charge in [-0.2, -0.15) is 14.6 Å². The van der Waals surface area contributed by atoms with Gasteiger partial charge in [0.15, 0.2) is 0 Å². The molecule has 1 saturated heterocycles. The minimum atomic E-state index is 0.628. The molecule has 3 heterocycles. The Labute approximate surface area is 146 Å². The topological polar surface area (TPSA) is 58.8 Å². The van der Waals surface area contributed by atoms with Crippen LogP contribution in [0.1, 0.15) is 11.3 Å². The van der Waals surface area contributed by atoms with Gasteiger partial charge in [0.1, 0.15) is 12.1 Å². The lowest BCUT2D eigenvalue weighted by atomic mass is 10.1. The number of rotatable bonds is 4. The Bertz CT molecular complexity index is 871. The quantitative estimate of drug-likeness (QED) is 0.724. The van der Waals surface area contributed by atoms with E-state index in [-0.39, 0.29) is 0 Å². The lowest BCUT2D eigenvalue weighted by Gasteiger charge is -2.31. The Kier molecular flexibility index (Phi) is 4.23. The molecule has 0 saturated carbocycles. The zero-order chi connectivity index (χ0) is 17.2. The van der Waals surface area contributed by atoms with Crippen LogP contribution < -0.4 is 9.80 Å². The Morgan fingerprint density at radius 3 is 2.84 bits per heavy atom. The molecule has 0 amide bonds. The van der Waals surface area contributed by atoms with Gasteiger partial charge in [-0.3, -0.25) is 0 Å². The summed E-state index contributed by atoms with van der Waals surface area (Å²) in [6, 6.07) is 10.6. The highest BCUT2D eigenvalue weighted by Crippen LogP contribution is 2.25. The molecule has 1 fully saturated rings. The van der Waals surface area contributed by atoms with Gasteiger partial charge in [0.2, 0.25) is 0 Å². The summed E-state index contributed by atoms with van der Waals surface area (Å²) in [7, 11) is 2.08. The third-order valence-corrected chi connectivity index (χ3v) is 4.50. The summed E-state index contributed by atoms with van der Waals surface area (Å²) in [6.45, 7) is 6.20. The number of para-hydroxylation sites is 1. The van der Waals surface area contributed by atoms with E-state index >= 15 is 0 Å². The van der Waals surface area contributed by atoms with Crippen LogP contribution in [0.5, 0.6) is 0 Å². The number of ether oxygens (including phenoxy) is 1. The summed E-state index contributed by atoms with van der Waals surface area (Å²) >= 11 is 0. The monoisotopic (exact) mass is 338 g/mol. The lowest BCUT2D eigenvalue weighted by molar-refractivity contribution is 0.122. The first-order valence-electron chi connectivity index (χ1n) is 8.51. The predicted molar refractivity (Wildman–Crippen MR) is 97.1 cm³/mol. The number of aromatic nitrogens is 4. The first-order valence-corrected chi connectivity index (χ1v) is 8.51. The highest BCUT2D eigenvalue weighted by molar-refractivity contribution is 5.56. The number of anilines is 2. The zero-order valence-corrected chi connectivity index (χ0v) is 14.6. The minimum Gasteiger partial charge on any atom is -0.378 e. The third-order valence-electron chi connectivity index (χ3n) is 4.50. The van der Waals surface area contributed by atoms with Crippen LogP contribution in [0, 0.1) is 6.92 Å². The summed E-state index contributed by atoms with van der Waals surface area (Å²) in [4.78, 5) is 13.2. The first-order chi connectivity index (χ1) is 12.2. The molecule has 1 aliphatic heterocycles. The Balaban J connectivity index is 1.64. The van der Waals surface area contributed by atoms with Crippen molar-refractivity contribution in [3.8, 4) is 0 Å². The fourth-order valence-corrected chi connectivity index (χ4v) is 3.28. The van der Waals surface area contributed by atoms with E-state index in [0.29, 0.717) is 5.78 Å². The van der Waals surface area contributed by atoms with E-state index in [4.69, 9.17) is 4.74 Å². The molecule has 2 aromatic heterocycles. The fraction of sp³-hybridized carbons (Fsp3) is 0.389. The van der Waals surface area contributed by atoms with Crippen LogP contribution in [0.15, 0.2) is 36.7 Å². The van der Waals surface area contributed by atoms with Crippen molar-refractivity contribution in [2.75, 3.05) is 43.2 Å². The van der Waals surface area contributed by atoms with Crippen molar-refractivity contribution in [1.82, 2.24) is 19.6 Å². The zero-order valence-electron chi connectivity index (χ0n) is 14.6. The van der Waals surface area contributed by atoms with Gasteiger partial charge in [-0.1, -0.05) is 18.2 Å². The number of morpholine rings is 1. The van der Waals surface area contributed by atoms with E-state index in [2.05, 4.69) is 56.2 Å². The van der Waals surface area contributed by atoms with Gasteiger partial charge in [0.05, 0.1) is 13.2 Å². The SMILES string of the molecule is Cc1cc(N(C)Cc2ccccc2N2CCOCC2)n2ncnc2n1. The molecule has 0 bridgehead atoms. The third kappa shape index (κ3) is 3.15. The van der Waals surface area contributed by atoms with Gasteiger partial charge in [-0.15, -0.1) is 0 Å². The number of hydrogen-bond donors (Lipinski definition) is 0. The molecule has 1 aliphatic rings. The summed E-state index contributed by atoms with van der Waals surface area (Å²) in [5.74, 6) is 1.61. The molecule has 7 heteroatoms. The average Bonchev–Trinajstić information content (AvgIpc) is 3.10. The van der Waals surface area contributed by atoms with E-state index in [1.165, 1.54) is 11.3 Å². The van der Waals surface area contributed by atoms with Crippen molar-refractivity contribution in [3.05, 3.63) is 47.9 Å². The summed E-state index contributed by atoms with van der Waals surface area (Å²) in [6.07, 6.45) is 1.54. The molecular formula is C18H22N6O. The molecule has 7 nitrogen and oxygen atoms in total. The van der Waals surface area contributed by atoms with Crippen molar-refractivity contribution in [2.24, 2.45) is 0 Å². The molecule has 4 rings (SSSR count). The molecule has 0 atom stereocenters. The van der Waals surface area contributed by atoms with Gasteiger partial charge < -0.3 is 14.5 Å². The van der Waals surface area contributed by atoms with Gasteiger partial charge in [-0.05, 0) is 18.6 Å². The lowest BCUT2D eigenvalue weighted by Crippen LogP contribution is -2.37. The molecular weight excluding hydrogens is 316 g/mol. The minimum absolute atomic E-state index is 0.628. The Morgan fingerprint density at radius 2 is 2.00 bits per heavy atom. The second-order valence-corrected chi connectivity index (χ2v) is 6.31. The standard InChI is InChI=1S/C18H22N6O/c1-14-11-17(24-18(21-14)19-13-20-24)22(2)12-15-5-3-4-6-16(15)23-7-9-25-10-8-23/h3-6,11,13H,7-10,12H2,1-2H3. The van der Waals surface area contributed by atoms with Gasteiger partial charge in [0, 0.05) is 44.1 Å². The molecule has 0 unspecified atom stereocenters. The van der Waals surface area contributed by atoms with Crippen molar-refractivity contribution in [2.45, 2.75) is 13.5 Å². The van der Waals surface area contributed by atoms with Crippen LogP contribution in [0.4, 0.5) is 11.5 Å². The normalized spacial score (nSPS) is 14.9. The van der Waals surface area contributed by atoms with Crippen LogP contribution >= 0.6 is 0 Å². The van der Waals surface area contributed by atoms with Crippen LogP contribution in [-0.4, -0.2) is 52.9 Å². The molecule has 25 heavy (non-hydrogen) atoms. The van der Waals surface area contributed by atoms with Crippen LogP contribution in [0.2, 0.25) is 0 Å². The molecule has 0 aliphatic carbocycles.